The lowest BCUT2D eigenvalue weighted by molar-refractivity contribution is -0.137. The van der Waals surface area contributed by atoms with Crippen molar-refractivity contribution in [2.75, 3.05) is 18.0 Å². The Bertz CT molecular complexity index is 433. The number of aliphatic carboxylic acids is 1. The van der Waals surface area contributed by atoms with Crippen LogP contribution in [0.2, 0.25) is 0 Å². The van der Waals surface area contributed by atoms with E-state index in [4.69, 9.17) is 5.11 Å². The quantitative estimate of drug-likeness (QED) is 0.927. The molecule has 1 aliphatic rings. The maximum Gasteiger partial charge on any atom is 0.303 e. The molecule has 0 bridgehead atoms. The fourth-order valence-corrected chi connectivity index (χ4v) is 3.17. The monoisotopic (exact) mass is 297 g/mol. The van der Waals surface area contributed by atoms with Crippen LogP contribution in [0.3, 0.4) is 0 Å². The predicted molar refractivity (Wildman–Crippen MR) is 71.6 cm³/mol. The molecule has 1 aliphatic heterocycles. The first-order valence-electron chi connectivity index (χ1n) is 5.88. The summed E-state index contributed by atoms with van der Waals surface area (Å²) >= 11 is 3.58. The largest absolute Gasteiger partial charge is 0.481 e. The number of hydrogen-bond donors (Lipinski definition) is 1. The number of likely N-dealkylation sites (N-methyl/N-ethyl adjacent to an activating group) is 1. The molecule has 1 N–H and O–H groups in total. The van der Waals surface area contributed by atoms with Gasteiger partial charge in [-0.05, 0) is 31.0 Å². The summed E-state index contributed by atoms with van der Waals surface area (Å²) in [4.78, 5) is 13.0. The third-order valence-electron chi connectivity index (χ3n) is 3.31. The lowest BCUT2D eigenvalue weighted by atomic mass is 9.96. The molecule has 1 heterocycles. The van der Waals surface area contributed by atoms with Crippen LogP contribution in [0, 0.1) is 0 Å². The van der Waals surface area contributed by atoms with Gasteiger partial charge in [0.1, 0.15) is 0 Å². The molecule has 0 spiro atoms. The summed E-state index contributed by atoms with van der Waals surface area (Å²) in [6, 6.07) is 6.18. The van der Waals surface area contributed by atoms with E-state index in [1.54, 1.807) is 0 Å². The number of carbonyl (C=O) groups is 1. The van der Waals surface area contributed by atoms with E-state index < -0.39 is 5.97 Å². The smallest absolute Gasteiger partial charge is 0.303 e. The van der Waals surface area contributed by atoms with Crippen LogP contribution < -0.4 is 4.90 Å². The van der Waals surface area contributed by atoms with E-state index in [0.717, 1.165) is 17.6 Å². The van der Waals surface area contributed by atoms with Crippen LogP contribution in [-0.4, -0.2) is 24.2 Å². The highest BCUT2D eigenvalue weighted by Gasteiger charge is 2.29. The number of carboxylic acid groups (broad SMARTS) is 1. The second-order valence-electron chi connectivity index (χ2n) is 4.34. The Morgan fingerprint density at radius 1 is 1.59 bits per heavy atom. The summed E-state index contributed by atoms with van der Waals surface area (Å²) in [7, 11) is 0. The number of rotatable bonds is 4. The molecule has 4 heteroatoms. The lowest BCUT2D eigenvalue weighted by Crippen LogP contribution is -2.21. The van der Waals surface area contributed by atoms with Crippen molar-refractivity contribution in [3.63, 3.8) is 0 Å². The Labute approximate surface area is 110 Å². The number of hydrogen-bond acceptors (Lipinski definition) is 2. The van der Waals surface area contributed by atoms with Gasteiger partial charge in [0.25, 0.3) is 0 Å². The number of halogens is 1. The van der Waals surface area contributed by atoms with E-state index in [1.165, 1.54) is 11.3 Å². The van der Waals surface area contributed by atoms with Gasteiger partial charge in [-0.25, -0.2) is 0 Å². The maximum atomic E-state index is 10.7. The van der Waals surface area contributed by atoms with Crippen LogP contribution in [-0.2, 0) is 4.79 Å². The number of carboxylic acids is 1. The van der Waals surface area contributed by atoms with Crippen LogP contribution in [0.15, 0.2) is 22.7 Å². The van der Waals surface area contributed by atoms with Crippen LogP contribution in [0.4, 0.5) is 5.69 Å². The molecule has 1 atom stereocenters. The van der Waals surface area contributed by atoms with Crippen molar-refractivity contribution in [3.8, 4) is 0 Å². The summed E-state index contributed by atoms with van der Waals surface area (Å²) in [6.07, 6.45) is 0.949. The van der Waals surface area contributed by atoms with Gasteiger partial charge in [0.15, 0.2) is 0 Å². The molecular formula is C13H16BrNO2. The maximum absolute atomic E-state index is 10.7. The summed E-state index contributed by atoms with van der Waals surface area (Å²) in [6.45, 7) is 4.03. The molecule has 0 fully saturated rings. The average Bonchev–Trinajstić information content (AvgIpc) is 2.66. The van der Waals surface area contributed by atoms with E-state index in [-0.39, 0.29) is 6.42 Å². The van der Waals surface area contributed by atoms with E-state index in [2.05, 4.69) is 33.8 Å². The molecule has 1 aromatic rings. The highest BCUT2D eigenvalue weighted by molar-refractivity contribution is 9.10. The van der Waals surface area contributed by atoms with E-state index in [0.29, 0.717) is 12.3 Å². The minimum absolute atomic E-state index is 0.239. The first-order chi connectivity index (χ1) is 8.13. The van der Waals surface area contributed by atoms with Crippen LogP contribution >= 0.6 is 15.9 Å². The second kappa shape index (κ2) is 5.08. The Hall–Kier alpha value is -1.03. The Morgan fingerprint density at radius 3 is 3.00 bits per heavy atom. The number of benzene rings is 1. The van der Waals surface area contributed by atoms with Gasteiger partial charge >= 0.3 is 5.97 Å². The van der Waals surface area contributed by atoms with Crippen molar-refractivity contribution in [1.29, 1.82) is 0 Å². The molecule has 1 unspecified atom stereocenters. The summed E-state index contributed by atoms with van der Waals surface area (Å²) in [5.74, 6) is -0.384. The fraction of sp³-hybridized carbons (Fsp3) is 0.462. The number of nitrogens with zero attached hydrogens (tertiary/aromatic N) is 1. The van der Waals surface area contributed by atoms with Gasteiger partial charge in [0.05, 0.1) is 0 Å². The summed E-state index contributed by atoms with van der Waals surface area (Å²) < 4.78 is 1.10. The van der Waals surface area contributed by atoms with Gasteiger partial charge in [-0.3, -0.25) is 4.79 Å². The van der Waals surface area contributed by atoms with Gasteiger partial charge < -0.3 is 10.0 Å². The van der Waals surface area contributed by atoms with Crippen molar-refractivity contribution >= 4 is 27.6 Å². The van der Waals surface area contributed by atoms with Gasteiger partial charge in [-0.15, -0.1) is 0 Å². The molecule has 3 nitrogen and oxygen atoms in total. The molecule has 0 saturated carbocycles. The Kier molecular flexibility index (Phi) is 3.72. The van der Waals surface area contributed by atoms with Crippen LogP contribution in [0.5, 0.6) is 0 Å². The molecule has 0 radical (unpaired) electrons. The van der Waals surface area contributed by atoms with Crippen molar-refractivity contribution in [1.82, 2.24) is 0 Å². The third-order valence-corrected chi connectivity index (χ3v) is 4.00. The topological polar surface area (TPSA) is 40.5 Å². The predicted octanol–water partition coefficient (Wildman–Crippen LogP) is 3.24. The molecule has 0 aliphatic carbocycles. The third kappa shape index (κ3) is 2.46. The SMILES string of the molecule is CCN1CC(CCC(=O)O)c2c(Br)cccc21. The minimum atomic E-state index is -0.714. The minimum Gasteiger partial charge on any atom is -0.481 e. The molecule has 2 rings (SSSR count). The fourth-order valence-electron chi connectivity index (χ4n) is 2.49. The van der Waals surface area contributed by atoms with Crippen molar-refractivity contribution in [3.05, 3.63) is 28.2 Å². The van der Waals surface area contributed by atoms with Crippen molar-refractivity contribution < 1.29 is 9.90 Å². The summed E-state index contributed by atoms with van der Waals surface area (Å²) in [5, 5.41) is 8.79. The van der Waals surface area contributed by atoms with Crippen molar-refractivity contribution in [2.45, 2.75) is 25.7 Å². The van der Waals surface area contributed by atoms with Gasteiger partial charge in [-0.1, -0.05) is 22.0 Å². The first kappa shape index (κ1) is 12.4. The van der Waals surface area contributed by atoms with Gasteiger partial charge in [-0.2, -0.15) is 0 Å². The van der Waals surface area contributed by atoms with Crippen molar-refractivity contribution in [2.24, 2.45) is 0 Å². The highest BCUT2D eigenvalue weighted by Crippen LogP contribution is 2.42. The molecule has 92 valence electrons. The average molecular weight is 298 g/mol. The number of fused-ring (bicyclic) bond motifs is 1. The van der Waals surface area contributed by atoms with Crippen LogP contribution in [0.1, 0.15) is 31.2 Å². The summed E-state index contributed by atoms with van der Waals surface area (Å²) in [5.41, 5.74) is 2.52. The van der Waals surface area contributed by atoms with E-state index >= 15 is 0 Å². The highest BCUT2D eigenvalue weighted by atomic mass is 79.9. The Morgan fingerprint density at radius 2 is 2.35 bits per heavy atom. The lowest BCUT2D eigenvalue weighted by Gasteiger charge is -2.16. The zero-order chi connectivity index (χ0) is 12.4. The zero-order valence-corrected chi connectivity index (χ0v) is 11.4. The molecule has 17 heavy (non-hydrogen) atoms. The Balaban J connectivity index is 2.25. The molecular weight excluding hydrogens is 282 g/mol. The van der Waals surface area contributed by atoms with E-state index in [1.807, 2.05) is 12.1 Å². The first-order valence-corrected chi connectivity index (χ1v) is 6.68. The normalized spacial score (nSPS) is 18.2. The zero-order valence-electron chi connectivity index (χ0n) is 9.82. The van der Waals surface area contributed by atoms with Gasteiger partial charge in [0.2, 0.25) is 0 Å². The van der Waals surface area contributed by atoms with Crippen LogP contribution in [0.25, 0.3) is 0 Å². The second-order valence-corrected chi connectivity index (χ2v) is 5.19. The molecule has 0 aromatic heterocycles. The number of anilines is 1. The molecule has 0 saturated heterocycles. The van der Waals surface area contributed by atoms with E-state index in [9.17, 15) is 4.79 Å². The standard InChI is InChI=1S/C13H16BrNO2/c1-2-15-8-9(6-7-12(16)17)13-10(14)4-3-5-11(13)15/h3-5,9H,2,6-8H2,1H3,(H,16,17). The molecule has 1 aromatic carbocycles. The van der Waals surface area contributed by atoms with Gasteiger partial charge in [0, 0.05) is 35.6 Å². The molecule has 0 amide bonds.